The molecule has 1 saturated heterocycles. The number of hydrazine groups is 1. The zero-order chi connectivity index (χ0) is 27.9. The predicted molar refractivity (Wildman–Crippen MR) is 163 cm³/mol. The molecule has 0 bridgehead atoms. The Morgan fingerprint density at radius 2 is 1.75 bits per heavy atom. The van der Waals surface area contributed by atoms with E-state index < -0.39 is 0 Å². The number of hydrogen-bond acceptors (Lipinski definition) is 7. The number of para-hydroxylation sites is 1. The maximum Gasteiger partial charge on any atom is 0.226 e. The molecular weight excluding hydrogens is 522 g/mol. The van der Waals surface area contributed by atoms with Crippen molar-refractivity contribution in [2.24, 2.45) is 0 Å². The molecule has 208 valence electrons. The second-order valence-corrected chi connectivity index (χ2v) is 10.5. The van der Waals surface area contributed by atoms with Crippen LogP contribution in [0.4, 0.5) is 11.6 Å². The van der Waals surface area contributed by atoms with E-state index in [2.05, 4.69) is 41.4 Å². The van der Waals surface area contributed by atoms with Gasteiger partial charge in [-0.1, -0.05) is 56.3 Å². The van der Waals surface area contributed by atoms with Gasteiger partial charge >= 0.3 is 0 Å². The highest BCUT2D eigenvalue weighted by molar-refractivity contribution is 7.80. The molecule has 0 atom stereocenters. The first-order valence-corrected chi connectivity index (χ1v) is 14.0. The molecule has 0 spiro atoms. The molecule has 40 heavy (non-hydrogen) atoms. The van der Waals surface area contributed by atoms with Crippen LogP contribution >= 0.6 is 12.2 Å². The highest BCUT2D eigenvalue weighted by atomic mass is 32.1. The number of thiocarbonyl (C=S) groups is 1. The first kappa shape index (κ1) is 27.6. The van der Waals surface area contributed by atoms with Gasteiger partial charge in [0.25, 0.3) is 0 Å². The van der Waals surface area contributed by atoms with Crippen LogP contribution < -0.4 is 21.5 Å². The molecule has 1 aliphatic heterocycles. The summed E-state index contributed by atoms with van der Waals surface area (Å²) >= 11 is 5.47. The summed E-state index contributed by atoms with van der Waals surface area (Å²) in [5.74, 6) is 1.89. The van der Waals surface area contributed by atoms with Crippen molar-refractivity contribution < 1.29 is 9.84 Å². The molecule has 0 aliphatic carbocycles. The summed E-state index contributed by atoms with van der Waals surface area (Å²) in [6, 6.07) is 23.5. The van der Waals surface area contributed by atoms with E-state index in [9.17, 15) is 5.11 Å². The number of aromatic hydroxyl groups is 1. The van der Waals surface area contributed by atoms with E-state index in [-0.39, 0.29) is 11.8 Å². The molecule has 1 fully saturated rings. The number of aromatic nitrogens is 3. The van der Waals surface area contributed by atoms with Gasteiger partial charge in [0.05, 0.1) is 5.69 Å². The van der Waals surface area contributed by atoms with Crippen molar-refractivity contribution in [3.05, 3.63) is 83.9 Å². The molecule has 10 heteroatoms. The van der Waals surface area contributed by atoms with Crippen molar-refractivity contribution in [3.8, 4) is 22.8 Å². The summed E-state index contributed by atoms with van der Waals surface area (Å²) in [4.78, 5) is 4.83. The van der Waals surface area contributed by atoms with Crippen molar-refractivity contribution in [2.45, 2.75) is 45.2 Å². The molecule has 0 unspecified atom stereocenters. The minimum atomic E-state index is 0.207. The molecule has 2 heterocycles. The van der Waals surface area contributed by atoms with Crippen molar-refractivity contribution in [1.29, 1.82) is 0 Å². The number of nitrogens with zero attached hydrogens (tertiary/aromatic N) is 3. The van der Waals surface area contributed by atoms with E-state index in [1.807, 2.05) is 54.6 Å². The van der Waals surface area contributed by atoms with Gasteiger partial charge in [0.2, 0.25) is 5.95 Å². The second-order valence-electron chi connectivity index (χ2n) is 10.1. The molecule has 1 aliphatic rings. The molecule has 4 aromatic rings. The van der Waals surface area contributed by atoms with E-state index in [4.69, 9.17) is 27.0 Å². The summed E-state index contributed by atoms with van der Waals surface area (Å²) in [7, 11) is 0. The normalized spacial score (nSPS) is 13.8. The first-order valence-electron chi connectivity index (χ1n) is 13.5. The predicted octanol–water partition coefficient (Wildman–Crippen LogP) is 5.35. The van der Waals surface area contributed by atoms with Gasteiger partial charge in [-0.2, -0.15) is 9.67 Å². The number of hydrogen-bond donors (Lipinski definition) is 5. The molecule has 9 nitrogen and oxygen atoms in total. The van der Waals surface area contributed by atoms with Gasteiger partial charge in [-0.15, -0.1) is 5.10 Å². The third-order valence-electron chi connectivity index (χ3n) is 6.79. The highest BCUT2D eigenvalue weighted by Gasteiger charge is 2.19. The highest BCUT2D eigenvalue weighted by Crippen LogP contribution is 2.25. The van der Waals surface area contributed by atoms with E-state index in [0.717, 1.165) is 48.6 Å². The zero-order valence-corrected chi connectivity index (χ0v) is 23.5. The van der Waals surface area contributed by atoms with Crippen LogP contribution in [0.3, 0.4) is 0 Å². The molecule has 5 rings (SSSR count). The molecule has 3 aromatic carbocycles. The number of ether oxygens (including phenoxy) is 1. The Labute approximate surface area is 240 Å². The quantitative estimate of drug-likeness (QED) is 0.138. The van der Waals surface area contributed by atoms with Gasteiger partial charge in [-0.05, 0) is 72.4 Å². The minimum Gasteiger partial charge on any atom is -0.508 e. The van der Waals surface area contributed by atoms with Crippen LogP contribution in [0.15, 0.2) is 72.8 Å². The zero-order valence-electron chi connectivity index (χ0n) is 22.7. The Morgan fingerprint density at radius 3 is 2.48 bits per heavy atom. The summed E-state index contributed by atoms with van der Waals surface area (Å²) in [6.07, 6.45) is 1.83. The van der Waals surface area contributed by atoms with Crippen LogP contribution in [-0.4, -0.2) is 44.2 Å². The molecular formula is C30H35N7O2S. The van der Waals surface area contributed by atoms with E-state index in [0.29, 0.717) is 29.3 Å². The largest absolute Gasteiger partial charge is 0.508 e. The number of phenolic OH excluding ortho intramolecular Hbond substituents is 1. The average Bonchev–Trinajstić information content (AvgIpc) is 3.38. The van der Waals surface area contributed by atoms with Gasteiger partial charge in [0, 0.05) is 37.1 Å². The number of benzene rings is 3. The Hall–Kier alpha value is -3.99. The summed E-state index contributed by atoms with van der Waals surface area (Å²) in [5.41, 5.74) is 11.3. The lowest BCUT2D eigenvalue weighted by atomic mass is 10.0. The van der Waals surface area contributed by atoms with Crippen molar-refractivity contribution >= 4 is 29.0 Å². The number of anilines is 2. The minimum absolute atomic E-state index is 0.207. The molecule has 0 saturated carbocycles. The fourth-order valence-corrected chi connectivity index (χ4v) is 4.77. The summed E-state index contributed by atoms with van der Waals surface area (Å²) in [5, 5.41) is 21.9. The standard InChI is InChI=1S/C30H35N7O2S/c1-20(2)26-5-3-4-6-27(26)33-30(40)35-31-19-21-7-9-22(10-8-21)28-34-29(32-23-15-17-39-18-16-23)37(36-28)24-11-13-25(38)14-12-24/h3-14,20,23,31,38H,15-19H2,1-2H3,(H,32,34,36)(H2,33,35,40). The van der Waals surface area contributed by atoms with E-state index in [1.165, 1.54) is 5.56 Å². The van der Waals surface area contributed by atoms with Gasteiger partial charge in [0.1, 0.15) is 5.75 Å². The lowest BCUT2D eigenvalue weighted by Gasteiger charge is -2.23. The van der Waals surface area contributed by atoms with Crippen LogP contribution in [0.2, 0.25) is 0 Å². The number of rotatable bonds is 9. The van der Waals surface area contributed by atoms with Crippen LogP contribution in [-0.2, 0) is 11.3 Å². The number of nitrogens with one attached hydrogen (secondary N) is 4. The molecule has 5 N–H and O–H groups in total. The van der Waals surface area contributed by atoms with Gasteiger partial charge in [-0.3, -0.25) is 5.43 Å². The first-order chi connectivity index (χ1) is 19.5. The van der Waals surface area contributed by atoms with Crippen LogP contribution in [0.25, 0.3) is 17.1 Å². The third kappa shape index (κ3) is 6.95. The van der Waals surface area contributed by atoms with Gasteiger partial charge < -0.3 is 20.5 Å². The van der Waals surface area contributed by atoms with Crippen LogP contribution in [0.1, 0.15) is 43.7 Å². The monoisotopic (exact) mass is 557 g/mol. The van der Waals surface area contributed by atoms with E-state index in [1.54, 1.807) is 16.8 Å². The van der Waals surface area contributed by atoms with Crippen LogP contribution in [0.5, 0.6) is 5.75 Å². The molecule has 1 aromatic heterocycles. The topological polar surface area (TPSA) is 108 Å². The fraction of sp³-hybridized carbons (Fsp3) is 0.300. The number of phenols is 1. The second kappa shape index (κ2) is 12.9. The smallest absolute Gasteiger partial charge is 0.226 e. The molecule has 0 radical (unpaired) electrons. The fourth-order valence-electron chi connectivity index (χ4n) is 4.59. The summed E-state index contributed by atoms with van der Waals surface area (Å²) < 4.78 is 7.29. The van der Waals surface area contributed by atoms with Crippen molar-refractivity contribution in [2.75, 3.05) is 23.8 Å². The van der Waals surface area contributed by atoms with Crippen molar-refractivity contribution in [1.82, 2.24) is 25.6 Å². The van der Waals surface area contributed by atoms with E-state index >= 15 is 0 Å². The van der Waals surface area contributed by atoms with Gasteiger partial charge in [-0.25, -0.2) is 5.43 Å². The third-order valence-corrected chi connectivity index (χ3v) is 7.00. The maximum absolute atomic E-state index is 9.74. The Bertz CT molecular complexity index is 1420. The van der Waals surface area contributed by atoms with Gasteiger partial charge in [0.15, 0.2) is 10.9 Å². The lowest BCUT2D eigenvalue weighted by molar-refractivity contribution is 0.0902. The summed E-state index contributed by atoms with van der Waals surface area (Å²) in [6.45, 7) is 6.37. The lowest BCUT2D eigenvalue weighted by Crippen LogP contribution is -2.39. The maximum atomic E-state index is 9.74. The Kier molecular flexibility index (Phi) is 8.90. The Morgan fingerprint density at radius 1 is 1.02 bits per heavy atom. The van der Waals surface area contributed by atoms with Crippen LogP contribution in [0, 0.1) is 0 Å². The average molecular weight is 558 g/mol. The molecule has 0 amide bonds. The Balaban J connectivity index is 1.23. The van der Waals surface area contributed by atoms with Crippen molar-refractivity contribution in [3.63, 3.8) is 0 Å². The SMILES string of the molecule is CC(C)c1ccccc1NC(=S)NNCc1ccc(-c2nc(NC3CCOCC3)n(-c3ccc(O)cc3)n2)cc1.